The molecule has 1 aliphatic rings. The van der Waals surface area contributed by atoms with Gasteiger partial charge in [-0.3, -0.25) is 4.79 Å². The third kappa shape index (κ3) is 5.37. The lowest BCUT2D eigenvalue weighted by Gasteiger charge is -2.27. The van der Waals surface area contributed by atoms with Crippen LogP contribution in [0.2, 0.25) is 0 Å². The van der Waals surface area contributed by atoms with Gasteiger partial charge in [0, 0.05) is 29.3 Å². The standard InChI is InChI=1S/C24H21BrN2O4/c25-21-8-5-18(6-9-21)17-1-3-19(4-2-17)22(28)16-31-24(29)20-7-10-23(26-15-20)27-11-13-30-14-12-27/h1-10,15H,11-14,16H2. The van der Waals surface area contributed by atoms with E-state index in [9.17, 15) is 9.59 Å². The highest BCUT2D eigenvalue weighted by Gasteiger charge is 2.15. The number of anilines is 1. The van der Waals surface area contributed by atoms with Gasteiger partial charge in [0.1, 0.15) is 5.82 Å². The number of pyridine rings is 1. The second-order valence-electron chi connectivity index (χ2n) is 7.09. The van der Waals surface area contributed by atoms with Gasteiger partial charge >= 0.3 is 5.97 Å². The van der Waals surface area contributed by atoms with Crippen LogP contribution in [0.5, 0.6) is 0 Å². The molecule has 7 heteroatoms. The fourth-order valence-electron chi connectivity index (χ4n) is 3.27. The van der Waals surface area contributed by atoms with Gasteiger partial charge in [0.25, 0.3) is 0 Å². The zero-order valence-corrected chi connectivity index (χ0v) is 18.4. The lowest BCUT2D eigenvalue weighted by molar-refractivity contribution is 0.0474. The molecule has 0 radical (unpaired) electrons. The Morgan fingerprint density at radius 2 is 1.52 bits per heavy atom. The number of Topliss-reactive ketones (excluding diaryl/α,β-unsaturated/α-hetero) is 1. The Hall–Kier alpha value is -3.03. The van der Waals surface area contributed by atoms with Crippen molar-refractivity contribution in [1.82, 2.24) is 4.98 Å². The lowest BCUT2D eigenvalue weighted by Crippen LogP contribution is -2.36. The van der Waals surface area contributed by atoms with Crippen LogP contribution in [-0.4, -0.2) is 49.6 Å². The van der Waals surface area contributed by atoms with Gasteiger partial charge in [-0.15, -0.1) is 0 Å². The van der Waals surface area contributed by atoms with Crippen molar-refractivity contribution in [2.75, 3.05) is 37.8 Å². The van der Waals surface area contributed by atoms with Gasteiger partial charge in [0.2, 0.25) is 0 Å². The van der Waals surface area contributed by atoms with E-state index in [0.717, 1.165) is 34.5 Å². The predicted molar refractivity (Wildman–Crippen MR) is 121 cm³/mol. The van der Waals surface area contributed by atoms with E-state index in [4.69, 9.17) is 9.47 Å². The van der Waals surface area contributed by atoms with Gasteiger partial charge in [-0.2, -0.15) is 0 Å². The smallest absolute Gasteiger partial charge is 0.340 e. The number of carbonyl (C=O) groups excluding carboxylic acids is 2. The quantitative estimate of drug-likeness (QED) is 0.385. The first-order valence-electron chi connectivity index (χ1n) is 9.95. The summed E-state index contributed by atoms with van der Waals surface area (Å²) in [4.78, 5) is 31.1. The number of carbonyl (C=O) groups is 2. The summed E-state index contributed by atoms with van der Waals surface area (Å²) >= 11 is 3.42. The summed E-state index contributed by atoms with van der Waals surface area (Å²) in [5, 5.41) is 0. The Labute approximate surface area is 188 Å². The molecule has 2 aromatic carbocycles. The van der Waals surface area contributed by atoms with Gasteiger partial charge in [0.05, 0.1) is 18.8 Å². The molecule has 31 heavy (non-hydrogen) atoms. The minimum Gasteiger partial charge on any atom is -0.454 e. The molecule has 0 N–H and O–H groups in total. The molecule has 0 atom stereocenters. The Morgan fingerprint density at radius 1 is 0.903 bits per heavy atom. The van der Waals surface area contributed by atoms with Crippen molar-refractivity contribution in [2.45, 2.75) is 0 Å². The molecule has 0 bridgehead atoms. The molecule has 0 saturated carbocycles. The molecular weight excluding hydrogens is 460 g/mol. The van der Waals surface area contributed by atoms with Gasteiger partial charge in [-0.25, -0.2) is 9.78 Å². The van der Waals surface area contributed by atoms with Crippen LogP contribution < -0.4 is 4.90 Å². The Bertz CT molecular complexity index is 1040. The monoisotopic (exact) mass is 480 g/mol. The lowest BCUT2D eigenvalue weighted by atomic mass is 10.0. The first-order valence-corrected chi connectivity index (χ1v) is 10.7. The first-order chi connectivity index (χ1) is 15.1. The molecule has 1 aromatic heterocycles. The molecule has 158 valence electrons. The topological polar surface area (TPSA) is 68.7 Å². The summed E-state index contributed by atoms with van der Waals surface area (Å²) in [6.45, 7) is 2.55. The van der Waals surface area contributed by atoms with Crippen LogP contribution in [0.1, 0.15) is 20.7 Å². The minimum absolute atomic E-state index is 0.256. The number of nitrogens with zero attached hydrogens (tertiary/aromatic N) is 2. The fourth-order valence-corrected chi connectivity index (χ4v) is 3.54. The number of rotatable bonds is 6. The Kier molecular flexibility index (Phi) is 6.74. The van der Waals surface area contributed by atoms with E-state index in [0.29, 0.717) is 24.3 Å². The van der Waals surface area contributed by atoms with E-state index in [1.165, 1.54) is 6.20 Å². The van der Waals surface area contributed by atoms with Crippen molar-refractivity contribution in [3.8, 4) is 11.1 Å². The average Bonchev–Trinajstić information content (AvgIpc) is 2.83. The van der Waals surface area contributed by atoms with Crippen molar-refractivity contribution in [3.05, 3.63) is 82.5 Å². The van der Waals surface area contributed by atoms with Crippen LogP contribution >= 0.6 is 15.9 Å². The molecule has 0 amide bonds. The van der Waals surface area contributed by atoms with Crippen LogP contribution in [0.15, 0.2) is 71.3 Å². The van der Waals surface area contributed by atoms with Crippen molar-refractivity contribution in [3.63, 3.8) is 0 Å². The summed E-state index contributed by atoms with van der Waals surface area (Å²) in [5.74, 6) is -0.0312. The number of halogens is 1. The highest BCUT2D eigenvalue weighted by Crippen LogP contribution is 2.22. The largest absolute Gasteiger partial charge is 0.454 e. The van der Waals surface area contributed by atoms with E-state index >= 15 is 0 Å². The van der Waals surface area contributed by atoms with Crippen LogP contribution in [0.3, 0.4) is 0 Å². The molecule has 0 unspecified atom stereocenters. The van der Waals surface area contributed by atoms with E-state index in [1.54, 1.807) is 24.3 Å². The molecule has 0 aliphatic carbocycles. The van der Waals surface area contributed by atoms with Gasteiger partial charge in [-0.05, 0) is 35.4 Å². The summed E-state index contributed by atoms with van der Waals surface area (Å²) < 4.78 is 11.5. The summed E-state index contributed by atoms with van der Waals surface area (Å²) in [5.41, 5.74) is 2.87. The van der Waals surface area contributed by atoms with E-state index < -0.39 is 5.97 Å². The molecule has 3 aromatic rings. The van der Waals surface area contributed by atoms with Crippen molar-refractivity contribution < 1.29 is 19.1 Å². The van der Waals surface area contributed by atoms with E-state index in [2.05, 4.69) is 25.8 Å². The minimum atomic E-state index is -0.569. The molecular formula is C24H21BrN2O4. The average molecular weight is 481 g/mol. The first kappa shape index (κ1) is 21.2. The molecule has 1 aliphatic heterocycles. The highest BCUT2D eigenvalue weighted by atomic mass is 79.9. The number of aromatic nitrogens is 1. The Morgan fingerprint density at radius 3 is 2.13 bits per heavy atom. The molecule has 2 heterocycles. The zero-order valence-electron chi connectivity index (χ0n) is 16.8. The number of ether oxygens (including phenoxy) is 2. The van der Waals surface area contributed by atoms with Crippen molar-refractivity contribution in [1.29, 1.82) is 0 Å². The van der Waals surface area contributed by atoms with Crippen LogP contribution in [-0.2, 0) is 9.47 Å². The second kappa shape index (κ2) is 9.85. The third-order valence-electron chi connectivity index (χ3n) is 5.04. The normalized spacial score (nSPS) is 13.6. The number of hydrogen-bond donors (Lipinski definition) is 0. The number of morpholine rings is 1. The molecule has 6 nitrogen and oxygen atoms in total. The SMILES string of the molecule is O=C(COC(=O)c1ccc(N2CCOCC2)nc1)c1ccc(-c2ccc(Br)cc2)cc1. The Balaban J connectivity index is 1.32. The number of esters is 1. The molecule has 4 rings (SSSR count). The van der Waals surface area contributed by atoms with Crippen LogP contribution in [0.4, 0.5) is 5.82 Å². The maximum atomic E-state index is 12.4. The fraction of sp³-hybridized carbons (Fsp3) is 0.208. The maximum absolute atomic E-state index is 12.4. The van der Waals surface area contributed by atoms with E-state index in [-0.39, 0.29) is 12.4 Å². The number of benzene rings is 2. The summed E-state index contributed by atoms with van der Waals surface area (Å²) in [6, 6.07) is 18.6. The second-order valence-corrected chi connectivity index (χ2v) is 8.00. The van der Waals surface area contributed by atoms with Crippen molar-refractivity contribution >= 4 is 33.5 Å². The maximum Gasteiger partial charge on any atom is 0.340 e. The number of hydrogen-bond acceptors (Lipinski definition) is 6. The van der Waals surface area contributed by atoms with Crippen LogP contribution in [0, 0.1) is 0 Å². The molecule has 0 spiro atoms. The molecule has 1 fully saturated rings. The summed E-state index contributed by atoms with van der Waals surface area (Å²) in [7, 11) is 0. The van der Waals surface area contributed by atoms with Crippen molar-refractivity contribution in [2.24, 2.45) is 0 Å². The highest BCUT2D eigenvalue weighted by molar-refractivity contribution is 9.10. The van der Waals surface area contributed by atoms with Gasteiger partial charge in [-0.1, -0.05) is 52.3 Å². The van der Waals surface area contributed by atoms with Gasteiger partial charge in [0.15, 0.2) is 12.4 Å². The van der Waals surface area contributed by atoms with Crippen LogP contribution in [0.25, 0.3) is 11.1 Å². The number of ketones is 1. The molecule has 1 saturated heterocycles. The van der Waals surface area contributed by atoms with Gasteiger partial charge < -0.3 is 14.4 Å². The zero-order chi connectivity index (χ0) is 21.6. The third-order valence-corrected chi connectivity index (χ3v) is 5.57. The summed E-state index contributed by atoms with van der Waals surface area (Å²) in [6.07, 6.45) is 1.48. The van der Waals surface area contributed by atoms with E-state index in [1.807, 2.05) is 36.4 Å². The predicted octanol–water partition coefficient (Wildman–Crippen LogP) is 4.39.